The van der Waals surface area contributed by atoms with Gasteiger partial charge >= 0.3 is 0 Å². The number of anilines is 1. The average Bonchev–Trinajstić information content (AvgIpc) is 2.99. The van der Waals surface area contributed by atoms with Gasteiger partial charge in [-0.05, 0) is 24.3 Å². The zero-order valence-electron chi connectivity index (χ0n) is 13.1. The smallest absolute Gasteiger partial charge is 0.270 e. The molecule has 0 aliphatic heterocycles. The maximum Gasteiger partial charge on any atom is 0.270 e. The summed E-state index contributed by atoms with van der Waals surface area (Å²) in [7, 11) is 3.21. The van der Waals surface area contributed by atoms with Crippen molar-refractivity contribution in [2.75, 3.05) is 12.4 Å². The minimum atomic E-state index is -0.304. The summed E-state index contributed by atoms with van der Waals surface area (Å²) in [6, 6.07) is 1.81. The lowest BCUT2D eigenvalue weighted by Gasteiger charge is -2.04. The minimum absolute atomic E-state index is 0.278. The Morgan fingerprint density at radius 1 is 1.50 bits per heavy atom. The molecule has 9 heteroatoms. The lowest BCUT2D eigenvalue weighted by atomic mass is 10.3. The van der Waals surface area contributed by atoms with Crippen LogP contribution in [-0.4, -0.2) is 32.9 Å². The summed E-state index contributed by atoms with van der Waals surface area (Å²) >= 11 is 1.44. The van der Waals surface area contributed by atoms with Gasteiger partial charge in [0.25, 0.3) is 11.8 Å². The molecule has 0 bridgehead atoms. The van der Waals surface area contributed by atoms with Crippen LogP contribution in [0.15, 0.2) is 22.2 Å². The molecule has 24 heavy (non-hydrogen) atoms. The van der Waals surface area contributed by atoms with Gasteiger partial charge in [0.15, 0.2) is 5.82 Å². The van der Waals surface area contributed by atoms with Crippen molar-refractivity contribution < 1.29 is 14.1 Å². The summed E-state index contributed by atoms with van der Waals surface area (Å²) in [6.45, 7) is 0. The molecule has 0 aromatic carbocycles. The Morgan fingerprint density at radius 3 is 3.08 bits per heavy atom. The highest BCUT2D eigenvalue weighted by molar-refractivity contribution is 7.14. The van der Waals surface area contributed by atoms with E-state index in [0.717, 1.165) is 23.5 Å². The van der Waals surface area contributed by atoms with E-state index in [9.17, 15) is 4.79 Å². The molecule has 1 N–H and O–H groups in total. The van der Waals surface area contributed by atoms with E-state index in [1.54, 1.807) is 13.2 Å². The van der Waals surface area contributed by atoms with Crippen molar-refractivity contribution in [2.45, 2.75) is 18.8 Å². The number of hydrogen-bond acceptors (Lipinski definition) is 7. The first-order valence-corrected chi connectivity index (χ1v) is 8.34. The zero-order chi connectivity index (χ0) is 16.7. The number of ether oxygens (including phenoxy) is 1. The van der Waals surface area contributed by atoms with Gasteiger partial charge in [0.2, 0.25) is 5.88 Å². The molecular weight excluding hydrogens is 330 g/mol. The fraction of sp³-hybridized carbons (Fsp3) is 0.333. The Kier molecular flexibility index (Phi) is 3.57. The molecule has 1 amide bonds. The van der Waals surface area contributed by atoms with Gasteiger partial charge in [-0.2, -0.15) is 4.98 Å². The van der Waals surface area contributed by atoms with Crippen molar-refractivity contribution in [3.05, 3.63) is 29.0 Å². The maximum absolute atomic E-state index is 12.5. The highest BCUT2D eigenvalue weighted by atomic mass is 32.1. The predicted molar refractivity (Wildman–Crippen MR) is 87.3 cm³/mol. The summed E-state index contributed by atoms with van der Waals surface area (Å²) in [6.07, 6.45) is 3.82. The molecule has 124 valence electrons. The van der Waals surface area contributed by atoms with Crippen LogP contribution in [0, 0.1) is 0 Å². The highest BCUT2D eigenvalue weighted by Crippen LogP contribution is 2.40. The van der Waals surface area contributed by atoms with E-state index in [0.29, 0.717) is 23.1 Å². The van der Waals surface area contributed by atoms with Crippen LogP contribution in [0.3, 0.4) is 0 Å². The van der Waals surface area contributed by atoms with Crippen molar-refractivity contribution in [2.24, 2.45) is 7.05 Å². The van der Waals surface area contributed by atoms with Crippen LogP contribution in [-0.2, 0) is 7.05 Å². The molecule has 1 saturated carbocycles. The van der Waals surface area contributed by atoms with Crippen LogP contribution in [0.5, 0.6) is 5.88 Å². The third kappa shape index (κ3) is 2.67. The molecule has 1 aliphatic carbocycles. The number of aromatic nitrogens is 4. The highest BCUT2D eigenvalue weighted by Gasteiger charge is 2.29. The van der Waals surface area contributed by atoms with E-state index >= 15 is 0 Å². The Bertz CT molecular complexity index is 893. The van der Waals surface area contributed by atoms with E-state index in [1.165, 1.54) is 23.1 Å². The largest absolute Gasteiger partial charge is 0.479 e. The first-order chi connectivity index (χ1) is 11.7. The molecule has 0 saturated heterocycles. The SMILES string of the molecule is COc1nn(C)cc1C(=O)Nc1ccsc1-c1nc(C2CC2)no1. The van der Waals surface area contributed by atoms with Crippen molar-refractivity contribution in [1.82, 2.24) is 19.9 Å². The molecule has 0 spiro atoms. The number of nitrogens with one attached hydrogen (secondary N) is 1. The van der Waals surface area contributed by atoms with Gasteiger partial charge in [-0.15, -0.1) is 16.4 Å². The van der Waals surface area contributed by atoms with Crippen LogP contribution in [0.25, 0.3) is 10.8 Å². The molecule has 8 nitrogen and oxygen atoms in total. The second-order valence-corrected chi connectivity index (χ2v) is 6.49. The molecule has 0 radical (unpaired) electrons. The Balaban J connectivity index is 1.58. The molecule has 1 aliphatic rings. The molecule has 0 atom stereocenters. The van der Waals surface area contributed by atoms with Crippen molar-refractivity contribution in [3.8, 4) is 16.6 Å². The molecule has 1 fully saturated rings. The van der Waals surface area contributed by atoms with Gasteiger partial charge in [0, 0.05) is 19.2 Å². The van der Waals surface area contributed by atoms with E-state index in [1.807, 2.05) is 11.4 Å². The predicted octanol–water partition coefficient (Wildman–Crippen LogP) is 2.67. The standard InChI is InChI=1S/C15H15N5O3S/c1-20-7-9(14(18-20)22-2)13(21)16-10-5-6-24-11(10)15-17-12(19-23-15)8-3-4-8/h5-8H,3-4H2,1-2H3,(H,16,21). The molecule has 3 aromatic rings. The summed E-state index contributed by atoms with van der Waals surface area (Å²) < 4.78 is 12.0. The lowest BCUT2D eigenvalue weighted by Crippen LogP contribution is -2.12. The number of hydrogen-bond donors (Lipinski definition) is 1. The van der Waals surface area contributed by atoms with E-state index in [2.05, 4.69) is 20.6 Å². The van der Waals surface area contributed by atoms with Crippen LogP contribution in [0.4, 0.5) is 5.69 Å². The van der Waals surface area contributed by atoms with Gasteiger partial charge in [0.1, 0.15) is 10.4 Å². The Labute approximate surface area is 141 Å². The summed E-state index contributed by atoms with van der Waals surface area (Å²) in [5, 5.41) is 12.8. The van der Waals surface area contributed by atoms with Crippen LogP contribution >= 0.6 is 11.3 Å². The third-order valence-electron chi connectivity index (χ3n) is 3.72. The van der Waals surface area contributed by atoms with Gasteiger partial charge in [-0.1, -0.05) is 5.16 Å². The fourth-order valence-electron chi connectivity index (χ4n) is 2.37. The summed E-state index contributed by atoms with van der Waals surface area (Å²) in [5.74, 6) is 1.56. The number of rotatable bonds is 5. The van der Waals surface area contributed by atoms with Crippen LogP contribution in [0.1, 0.15) is 34.9 Å². The van der Waals surface area contributed by atoms with E-state index in [-0.39, 0.29) is 11.8 Å². The molecule has 4 rings (SSSR count). The maximum atomic E-state index is 12.5. The minimum Gasteiger partial charge on any atom is -0.479 e. The van der Waals surface area contributed by atoms with Crippen molar-refractivity contribution in [3.63, 3.8) is 0 Å². The van der Waals surface area contributed by atoms with Gasteiger partial charge in [-0.25, -0.2) is 0 Å². The molecule has 0 unspecified atom stereocenters. The average molecular weight is 345 g/mol. The summed E-state index contributed by atoms with van der Waals surface area (Å²) in [4.78, 5) is 17.7. The van der Waals surface area contributed by atoms with Gasteiger partial charge in [-0.3, -0.25) is 9.48 Å². The first-order valence-electron chi connectivity index (χ1n) is 7.46. The molecule has 3 aromatic heterocycles. The topological polar surface area (TPSA) is 95.1 Å². The lowest BCUT2D eigenvalue weighted by molar-refractivity contribution is 0.102. The number of carbonyl (C=O) groups is 1. The number of nitrogens with zero attached hydrogens (tertiary/aromatic N) is 4. The van der Waals surface area contributed by atoms with Crippen molar-refractivity contribution in [1.29, 1.82) is 0 Å². The monoisotopic (exact) mass is 345 g/mol. The molecule has 3 heterocycles. The van der Waals surface area contributed by atoms with Crippen molar-refractivity contribution >= 4 is 22.9 Å². The normalized spacial score (nSPS) is 13.9. The number of carbonyl (C=O) groups excluding carboxylic acids is 1. The van der Waals surface area contributed by atoms with Crippen LogP contribution in [0.2, 0.25) is 0 Å². The third-order valence-corrected chi connectivity index (χ3v) is 4.63. The summed E-state index contributed by atoms with van der Waals surface area (Å²) in [5.41, 5.74) is 0.989. The quantitative estimate of drug-likeness (QED) is 0.764. The first kappa shape index (κ1) is 14.9. The zero-order valence-corrected chi connectivity index (χ0v) is 14.0. The number of thiophene rings is 1. The van der Waals surface area contributed by atoms with Gasteiger partial charge < -0.3 is 14.6 Å². The van der Waals surface area contributed by atoms with E-state index < -0.39 is 0 Å². The second-order valence-electron chi connectivity index (χ2n) is 5.58. The molecular formula is C15H15N5O3S. The second kappa shape index (κ2) is 5.75. The fourth-order valence-corrected chi connectivity index (χ4v) is 3.14. The Morgan fingerprint density at radius 2 is 2.33 bits per heavy atom. The van der Waals surface area contributed by atoms with Crippen LogP contribution < -0.4 is 10.1 Å². The Hall–Kier alpha value is -2.68. The number of aryl methyl sites for hydroxylation is 1. The van der Waals surface area contributed by atoms with Gasteiger partial charge in [0.05, 0.1) is 12.8 Å². The number of amides is 1. The number of methoxy groups -OCH3 is 1. The van der Waals surface area contributed by atoms with E-state index in [4.69, 9.17) is 9.26 Å².